The van der Waals surface area contributed by atoms with E-state index in [4.69, 9.17) is 57.8 Å². The SMILES string of the molecule is CN(C)C=Nc1nc2c(ncn2[C@@H]2O[C@@]34CO[C@@H]2[C@@H]3OP(=O)(OCCC#N)OCC23C[C@@H]2[C@@H](n2cnc5c(NC(=O)c6ccccc6)ncnc52)[C@H](O[Si](C)(C)C(C)(C)C)[C@@H]3OP(=S)(OCCC#N)OC4)c(=O)[nH]1. The van der Waals surface area contributed by atoms with Crippen molar-refractivity contribution in [2.45, 2.75) is 100 Å². The molecule has 3 unspecified atom stereocenters. The van der Waals surface area contributed by atoms with Crippen LogP contribution in [-0.2, 0) is 57.4 Å². The molecular formula is C45H55N13O12P2SSi. The molecule has 11 atom stereocenters. The van der Waals surface area contributed by atoms with Crippen molar-refractivity contribution >= 4 is 81.0 Å². The number of benzene rings is 1. The van der Waals surface area contributed by atoms with Crippen LogP contribution in [0.5, 0.6) is 0 Å². The van der Waals surface area contributed by atoms with Gasteiger partial charge in [0.05, 0.1) is 89.2 Å². The van der Waals surface area contributed by atoms with E-state index in [0.29, 0.717) is 23.1 Å². The maximum atomic E-state index is 15.4. The van der Waals surface area contributed by atoms with E-state index in [9.17, 15) is 20.1 Å². The number of nitriles is 2. The van der Waals surface area contributed by atoms with Crippen LogP contribution >= 0.6 is 14.5 Å². The molecule has 0 radical (unpaired) electrons. The summed E-state index contributed by atoms with van der Waals surface area (Å²) in [5.41, 5.74) is -1.98. The van der Waals surface area contributed by atoms with Crippen LogP contribution in [0, 0.1) is 34.0 Å². The zero-order valence-corrected chi connectivity index (χ0v) is 45.1. The molecule has 25 nitrogen and oxygen atoms in total. The Labute approximate surface area is 430 Å². The predicted octanol–water partition coefficient (Wildman–Crippen LogP) is 6.06. The Morgan fingerprint density at radius 1 is 1.00 bits per heavy atom. The smallest absolute Gasteiger partial charge is 0.409 e. The third kappa shape index (κ3) is 9.57. The number of hydrogen-bond donors (Lipinski definition) is 2. The number of aromatic amines is 1. The summed E-state index contributed by atoms with van der Waals surface area (Å²) in [5.74, 6) is -0.546. The lowest BCUT2D eigenvalue weighted by Crippen LogP contribution is -2.50. The van der Waals surface area contributed by atoms with Gasteiger partial charge in [-0.15, -0.1) is 0 Å². The minimum absolute atomic E-state index is 0.00428. The van der Waals surface area contributed by atoms with E-state index in [1.807, 2.05) is 16.7 Å². The fourth-order valence-corrected chi connectivity index (χ4v) is 14.6. The number of carbonyl (C=O) groups excluding carboxylic acids is 1. The van der Waals surface area contributed by atoms with Crippen molar-refractivity contribution in [2.24, 2.45) is 16.3 Å². The summed E-state index contributed by atoms with van der Waals surface area (Å²) in [6.07, 6.45) is 0.738. The van der Waals surface area contributed by atoms with Crippen molar-refractivity contribution in [3.8, 4) is 12.1 Å². The summed E-state index contributed by atoms with van der Waals surface area (Å²) in [5, 5.41) is 21.8. The average Bonchev–Trinajstić information content (AvgIpc) is 3.79. The standard InChI is InChI=1S/C45H55N13O12P2SSi/c1-43(2,3)74(6,7)70-32-31(57-25-50-29-36(48-23-49-37(29)57)53-39(59)27-13-9-8-10-14-27)28-19-44(28)20-65-71(61,63-17-11-15-46)68-35-33-41(58-26-51-30-38(58)54-42(55-40(30)60)52-24-56(4)5)67-45(35,21-62-33)22-66-72(73,69-34(32)44)64-18-12-16-47/h8-10,13-14,23-26,28,31-35,41H,11-12,17-22H2,1-7H3,(H,54,55,60)(H,48,49,53,59)/t28-,31-,32+,33-,34+,35+,41-,44?,45-,71?,72?/m1/s1. The topological polar surface area (TPSA) is 300 Å². The number of amides is 1. The molecule has 29 heteroatoms. The van der Waals surface area contributed by atoms with Gasteiger partial charge in [0.25, 0.3) is 11.5 Å². The van der Waals surface area contributed by atoms with Crippen molar-refractivity contribution in [1.29, 1.82) is 10.5 Å². The molecule has 7 heterocycles. The number of fused-ring (bicyclic) bond motifs is 2. The lowest BCUT2D eigenvalue weighted by molar-refractivity contribution is -0.184. The highest BCUT2D eigenvalue weighted by Gasteiger charge is 2.76. The number of phosphoric ester groups is 1. The molecule has 74 heavy (non-hydrogen) atoms. The van der Waals surface area contributed by atoms with E-state index in [0.717, 1.165) is 0 Å². The molecule has 3 aliphatic heterocycles. The Kier molecular flexibility index (Phi) is 13.9. The molecule has 1 amide bonds. The molecule has 5 aromatic rings. The third-order valence-corrected chi connectivity index (χ3v) is 22.6. The van der Waals surface area contributed by atoms with Crippen molar-refractivity contribution < 1.29 is 50.4 Å². The molecule has 3 saturated heterocycles. The fraction of sp³-hybridized carbons (Fsp3) is 0.556. The fourth-order valence-electron chi connectivity index (χ4n) is 9.69. The maximum absolute atomic E-state index is 15.4. The van der Waals surface area contributed by atoms with Gasteiger partial charge in [0, 0.05) is 25.1 Å². The first-order valence-corrected chi connectivity index (χ1v) is 30.7. The number of nitrogens with zero attached hydrogens (tertiary/aromatic N) is 11. The molecule has 1 spiro atoms. The molecule has 2 N–H and O–H groups in total. The van der Waals surface area contributed by atoms with E-state index in [1.54, 1.807) is 49.6 Å². The highest BCUT2D eigenvalue weighted by molar-refractivity contribution is 8.07. The predicted molar refractivity (Wildman–Crippen MR) is 270 cm³/mol. The molecule has 2 aliphatic carbocycles. The minimum Gasteiger partial charge on any atom is -0.409 e. The number of phosphoric acid groups is 1. The van der Waals surface area contributed by atoms with Crippen molar-refractivity contribution in [1.82, 2.24) is 43.9 Å². The molecule has 2 saturated carbocycles. The second-order valence-corrected chi connectivity index (χ2v) is 29.8. The van der Waals surface area contributed by atoms with Gasteiger partial charge >= 0.3 is 14.5 Å². The van der Waals surface area contributed by atoms with Crippen LogP contribution in [0.25, 0.3) is 22.3 Å². The van der Waals surface area contributed by atoms with Crippen LogP contribution in [0.1, 0.15) is 62.7 Å². The monoisotopic (exact) mass is 1090 g/mol. The van der Waals surface area contributed by atoms with Gasteiger partial charge in [0.2, 0.25) is 5.95 Å². The number of hydrogen-bond acceptors (Lipinski definition) is 21. The summed E-state index contributed by atoms with van der Waals surface area (Å²) >= 11 is 6.34. The van der Waals surface area contributed by atoms with E-state index >= 15 is 4.57 Å². The quantitative estimate of drug-likeness (QED) is 0.0420. The first-order valence-electron chi connectivity index (χ1n) is 23.8. The van der Waals surface area contributed by atoms with E-state index in [-0.39, 0.29) is 79.1 Å². The number of anilines is 1. The number of imidazole rings is 2. The Balaban J connectivity index is 1.06. The van der Waals surface area contributed by atoms with Crippen molar-refractivity contribution in [3.05, 3.63) is 65.2 Å². The lowest BCUT2D eigenvalue weighted by atomic mass is 10.0. The normalized spacial score (nSPS) is 31.8. The van der Waals surface area contributed by atoms with Gasteiger partial charge < -0.3 is 42.3 Å². The van der Waals surface area contributed by atoms with Crippen molar-refractivity contribution in [2.75, 3.05) is 52.4 Å². The Bertz CT molecular complexity index is 3250. The summed E-state index contributed by atoms with van der Waals surface area (Å²) in [6.45, 7) is 5.20. The lowest BCUT2D eigenvalue weighted by Gasteiger charge is -2.44. The van der Waals surface area contributed by atoms with Gasteiger partial charge in [-0.2, -0.15) is 15.5 Å². The molecule has 2 bridgehead atoms. The van der Waals surface area contributed by atoms with Crippen LogP contribution in [0.2, 0.25) is 18.1 Å². The van der Waals surface area contributed by atoms with Crippen LogP contribution in [0.4, 0.5) is 11.8 Å². The van der Waals surface area contributed by atoms with E-state index in [2.05, 4.69) is 75.2 Å². The molecule has 5 fully saturated rings. The Morgan fingerprint density at radius 3 is 2.46 bits per heavy atom. The van der Waals surface area contributed by atoms with Gasteiger partial charge in [-0.1, -0.05) is 39.0 Å². The minimum atomic E-state index is -4.70. The molecule has 1 aromatic carbocycles. The molecule has 4 aromatic heterocycles. The first kappa shape index (κ1) is 52.2. The van der Waals surface area contributed by atoms with Crippen LogP contribution in [0.15, 0.2) is 59.1 Å². The van der Waals surface area contributed by atoms with Gasteiger partial charge in [-0.3, -0.25) is 32.7 Å². The zero-order valence-electron chi connectivity index (χ0n) is 41.5. The van der Waals surface area contributed by atoms with E-state index in [1.165, 1.54) is 23.6 Å². The van der Waals surface area contributed by atoms with E-state index < -0.39 is 82.7 Å². The Morgan fingerprint density at radius 2 is 1.73 bits per heavy atom. The Hall–Kier alpha value is -5.22. The third-order valence-electron chi connectivity index (χ3n) is 14.4. The largest absolute Gasteiger partial charge is 0.475 e. The van der Waals surface area contributed by atoms with Crippen LogP contribution in [-0.4, -0.2) is 142 Å². The van der Waals surface area contributed by atoms with Crippen LogP contribution < -0.4 is 10.9 Å². The molecular weight excluding hydrogens is 1040 g/mol. The van der Waals surface area contributed by atoms with Gasteiger partial charge in [0.1, 0.15) is 30.2 Å². The molecule has 392 valence electrons. The second-order valence-electron chi connectivity index (χ2n) is 20.5. The van der Waals surface area contributed by atoms with Crippen molar-refractivity contribution in [3.63, 3.8) is 0 Å². The highest BCUT2D eigenvalue weighted by atomic mass is 32.5. The number of H-pyrrole nitrogens is 1. The number of ether oxygens (including phenoxy) is 2. The highest BCUT2D eigenvalue weighted by Crippen LogP contribution is 2.74. The maximum Gasteiger partial charge on any atom is 0.475 e. The number of rotatable bonds is 14. The molecule has 5 aliphatic rings. The number of carbonyl (C=O) groups is 1. The zero-order chi connectivity index (χ0) is 52.4. The second kappa shape index (κ2) is 19.7. The average molecular weight is 1090 g/mol. The molecule has 10 rings (SSSR count). The number of nitrogens with one attached hydrogen (secondary N) is 2. The number of aromatic nitrogens is 8. The summed E-state index contributed by atoms with van der Waals surface area (Å²) in [6, 6.07) is 12.2. The summed E-state index contributed by atoms with van der Waals surface area (Å²) in [4.78, 5) is 57.9. The van der Waals surface area contributed by atoms with Gasteiger partial charge in [-0.25, -0.2) is 29.5 Å². The van der Waals surface area contributed by atoms with Gasteiger partial charge in [-0.05, 0) is 54.4 Å². The summed E-state index contributed by atoms with van der Waals surface area (Å²) in [7, 11) is -3.93. The first-order chi connectivity index (χ1) is 35.2. The summed E-state index contributed by atoms with van der Waals surface area (Å²) < 4.78 is 78.7. The number of aliphatic imine (C=N–C) groups is 1. The van der Waals surface area contributed by atoms with Gasteiger partial charge in [0.15, 0.2) is 42.7 Å². The van der Waals surface area contributed by atoms with Crippen LogP contribution in [0.3, 0.4) is 0 Å².